The Morgan fingerprint density at radius 3 is 2.46 bits per heavy atom. The van der Waals surface area contributed by atoms with Crippen LogP contribution in [0, 0.1) is 5.92 Å². The Morgan fingerprint density at radius 2 is 1.88 bits per heavy atom. The van der Waals surface area contributed by atoms with Gasteiger partial charge in [0.25, 0.3) is 5.91 Å². The summed E-state index contributed by atoms with van der Waals surface area (Å²) in [7, 11) is -2.10. The monoisotopic (exact) mass is 383 g/mol. The Labute approximate surface area is 155 Å². The molecule has 0 aliphatic heterocycles. The quantitative estimate of drug-likeness (QED) is 0.556. The summed E-state index contributed by atoms with van der Waals surface area (Å²) in [5.41, 5.74) is 6.28. The molecule has 4 N–H and O–H groups in total. The fourth-order valence-corrected chi connectivity index (χ4v) is 4.32. The van der Waals surface area contributed by atoms with Crippen LogP contribution in [-0.4, -0.2) is 47.2 Å². The Kier molecular flexibility index (Phi) is 8.02. The molecule has 0 heterocycles. The zero-order valence-corrected chi connectivity index (χ0v) is 16.1. The van der Waals surface area contributed by atoms with E-state index in [4.69, 9.17) is 10.5 Å². The molecule has 0 spiro atoms. The zero-order valence-electron chi connectivity index (χ0n) is 15.2. The number of nitrogens with one attached hydrogen (secondary N) is 2. The van der Waals surface area contributed by atoms with Crippen molar-refractivity contribution in [3.63, 3.8) is 0 Å². The van der Waals surface area contributed by atoms with Gasteiger partial charge in [-0.05, 0) is 43.0 Å². The third-order valence-electron chi connectivity index (χ3n) is 4.81. The minimum atomic E-state index is -3.60. The average Bonchev–Trinajstić information content (AvgIpc) is 2.67. The van der Waals surface area contributed by atoms with Gasteiger partial charge in [0.1, 0.15) is 0 Å². The van der Waals surface area contributed by atoms with Crippen LogP contribution in [0.4, 0.5) is 0 Å². The van der Waals surface area contributed by atoms with Crippen molar-refractivity contribution in [1.82, 2.24) is 10.0 Å². The highest BCUT2D eigenvalue weighted by molar-refractivity contribution is 7.89. The number of rotatable bonds is 9. The Morgan fingerprint density at radius 1 is 1.23 bits per heavy atom. The predicted octanol–water partition coefficient (Wildman–Crippen LogP) is 1.25. The van der Waals surface area contributed by atoms with Crippen molar-refractivity contribution >= 4 is 15.9 Å². The molecule has 0 aromatic heterocycles. The maximum atomic E-state index is 12.5. The van der Waals surface area contributed by atoms with Crippen LogP contribution in [0.5, 0.6) is 0 Å². The van der Waals surface area contributed by atoms with Crippen molar-refractivity contribution in [2.24, 2.45) is 11.7 Å². The maximum Gasteiger partial charge on any atom is 0.251 e. The number of carbonyl (C=O) groups is 1. The van der Waals surface area contributed by atoms with Crippen molar-refractivity contribution in [3.8, 4) is 0 Å². The molecule has 8 heteroatoms. The van der Waals surface area contributed by atoms with Crippen LogP contribution >= 0.6 is 0 Å². The average molecular weight is 384 g/mol. The Balaban J connectivity index is 1.99. The summed E-state index contributed by atoms with van der Waals surface area (Å²) in [4.78, 5) is 12.6. The van der Waals surface area contributed by atoms with E-state index in [9.17, 15) is 13.2 Å². The molecule has 0 saturated heterocycles. The molecule has 1 atom stereocenters. The van der Waals surface area contributed by atoms with E-state index < -0.39 is 10.0 Å². The molecule has 146 valence electrons. The molecular formula is C18H29N3O4S. The molecule has 1 saturated carbocycles. The van der Waals surface area contributed by atoms with Crippen LogP contribution in [-0.2, 0) is 14.8 Å². The van der Waals surface area contributed by atoms with Gasteiger partial charge in [0, 0.05) is 31.8 Å². The number of benzene rings is 1. The lowest BCUT2D eigenvalue weighted by molar-refractivity contribution is 0.0915. The molecule has 1 unspecified atom stereocenters. The second-order valence-corrected chi connectivity index (χ2v) is 8.40. The number of hydrogen-bond acceptors (Lipinski definition) is 5. The molecule has 0 bridgehead atoms. The van der Waals surface area contributed by atoms with E-state index in [0.717, 1.165) is 12.8 Å². The lowest BCUT2D eigenvalue weighted by Gasteiger charge is -2.30. The summed E-state index contributed by atoms with van der Waals surface area (Å²) in [5, 5.41) is 3.01. The van der Waals surface area contributed by atoms with Gasteiger partial charge in [0.15, 0.2) is 0 Å². The lowest BCUT2D eigenvalue weighted by atomic mass is 9.84. The molecule has 26 heavy (non-hydrogen) atoms. The number of hydrogen-bond donors (Lipinski definition) is 3. The smallest absolute Gasteiger partial charge is 0.251 e. The van der Waals surface area contributed by atoms with Gasteiger partial charge < -0.3 is 15.8 Å². The first-order chi connectivity index (χ1) is 12.5. The van der Waals surface area contributed by atoms with Crippen molar-refractivity contribution in [2.75, 3.05) is 26.8 Å². The topological polar surface area (TPSA) is 111 Å². The van der Waals surface area contributed by atoms with Crippen LogP contribution in [0.15, 0.2) is 29.2 Å². The van der Waals surface area contributed by atoms with Crippen LogP contribution in [0.3, 0.4) is 0 Å². The SMILES string of the molecule is COCCNS(=O)(=O)c1ccc(C(=O)NC(CN)C2CCCCC2)cc1. The molecule has 7 nitrogen and oxygen atoms in total. The summed E-state index contributed by atoms with van der Waals surface area (Å²) in [6, 6.07) is 5.87. The minimum absolute atomic E-state index is 0.0399. The molecule has 0 radical (unpaired) electrons. The number of methoxy groups -OCH3 is 1. The molecule has 1 aliphatic carbocycles. The first-order valence-corrected chi connectivity index (χ1v) is 10.6. The van der Waals surface area contributed by atoms with E-state index in [1.54, 1.807) is 0 Å². The van der Waals surface area contributed by atoms with Crippen LogP contribution in [0.25, 0.3) is 0 Å². The van der Waals surface area contributed by atoms with Gasteiger partial charge in [-0.15, -0.1) is 0 Å². The Bertz CT molecular complexity index is 670. The second kappa shape index (κ2) is 10.0. The highest BCUT2D eigenvalue weighted by Gasteiger charge is 2.24. The van der Waals surface area contributed by atoms with Crippen molar-refractivity contribution in [1.29, 1.82) is 0 Å². The van der Waals surface area contributed by atoms with E-state index in [1.807, 2.05) is 0 Å². The first kappa shape index (κ1) is 20.8. The largest absolute Gasteiger partial charge is 0.383 e. The molecule has 1 aromatic carbocycles. The van der Waals surface area contributed by atoms with Crippen molar-refractivity contribution < 1.29 is 17.9 Å². The number of amides is 1. The summed E-state index contributed by atoms with van der Waals surface area (Å²) >= 11 is 0. The van der Waals surface area contributed by atoms with E-state index in [-0.39, 0.29) is 23.4 Å². The normalized spacial score (nSPS) is 17.0. The third-order valence-corrected chi connectivity index (χ3v) is 6.29. The highest BCUT2D eigenvalue weighted by atomic mass is 32.2. The molecule has 1 aromatic rings. The Hall–Kier alpha value is -1.48. The van der Waals surface area contributed by atoms with Gasteiger partial charge in [-0.3, -0.25) is 4.79 Å². The number of sulfonamides is 1. The maximum absolute atomic E-state index is 12.5. The summed E-state index contributed by atoms with van der Waals surface area (Å²) in [6.45, 7) is 0.897. The fraction of sp³-hybridized carbons (Fsp3) is 0.611. The van der Waals surface area contributed by atoms with Crippen LogP contribution in [0.1, 0.15) is 42.5 Å². The number of carbonyl (C=O) groups excluding carboxylic acids is 1. The third kappa shape index (κ3) is 5.77. The predicted molar refractivity (Wildman–Crippen MR) is 100 cm³/mol. The number of ether oxygens (including phenoxy) is 1. The minimum Gasteiger partial charge on any atom is -0.383 e. The van der Waals surface area contributed by atoms with Gasteiger partial charge in [-0.25, -0.2) is 13.1 Å². The lowest BCUT2D eigenvalue weighted by Crippen LogP contribution is -2.45. The summed E-state index contributed by atoms with van der Waals surface area (Å²) in [6.07, 6.45) is 5.79. The molecule has 1 fully saturated rings. The summed E-state index contributed by atoms with van der Waals surface area (Å²) < 4.78 is 31.5. The van der Waals surface area contributed by atoms with Gasteiger partial charge in [-0.2, -0.15) is 0 Å². The zero-order chi connectivity index (χ0) is 19.0. The van der Waals surface area contributed by atoms with Crippen LogP contribution < -0.4 is 15.8 Å². The fourth-order valence-electron chi connectivity index (χ4n) is 3.30. The first-order valence-electron chi connectivity index (χ1n) is 9.07. The van der Waals surface area contributed by atoms with E-state index in [1.165, 1.54) is 50.6 Å². The van der Waals surface area contributed by atoms with Crippen molar-refractivity contribution in [2.45, 2.75) is 43.0 Å². The van der Waals surface area contributed by atoms with E-state index in [2.05, 4.69) is 10.0 Å². The molecule has 1 aliphatic rings. The van der Waals surface area contributed by atoms with E-state index in [0.29, 0.717) is 24.6 Å². The molecule has 2 rings (SSSR count). The standard InChI is InChI=1S/C18H29N3O4S/c1-25-12-11-20-26(23,24)16-9-7-15(8-10-16)18(22)21-17(13-19)14-5-3-2-4-6-14/h7-10,14,17,20H,2-6,11-13,19H2,1H3,(H,21,22). The highest BCUT2D eigenvalue weighted by Crippen LogP contribution is 2.26. The second-order valence-electron chi connectivity index (χ2n) is 6.63. The van der Waals surface area contributed by atoms with Crippen molar-refractivity contribution in [3.05, 3.63) is 29.8 Å². The molecule has 1 amide bonds. The van der Waals surface area contributed by atoms with Crippen LogP contribution in [0.2, 0.25) is 0 Å². The number of nitrogens with two attached hydrogens (primary N) is 1. The van der Waals surface area contributed by atoms with Gasteiger partial charge >= 0.3 is 0 Å². The van der Waals surface area contributed by atoms with Gasteiger partial charge in [0.05, 0.1) is 11.5 Å². The summed E-state index contributed by atoms with van der Waals surface area (Å²) in [5.74, 6) is 0.199. The van der Waals surface area contributed by atoms with Gasteiger partial charge in [-0.1, -0.05) is 19.3 Å². The van der Waals surface area contributed by atoms with Gasteiger partial charge in [0.2, 0.25) is 10.0 Å². The van der Waals surface area contributed by atoms with E-state index >= 15 is 0 Å². The molecular weight excluding hydrogens is 354 g/mol.